The zero-order valence-corrected chi connectivity index (χ0v) is 8.58. The Balaban J connectivity index is 4.06. The molecule has 0 saturated carbocycles. The average molecular weight is 222 g/mol. The maximum atomic E-state index is 10.6. The van der Waals surface area contributed by atoms with Crippen molar-refractivity contribution in [1.29, 1.82) is 0 Å². The third kappa shape index (κ3) is 5.19. The standard InChI is InChI=1S/C9H18O6/c1-5(11)2-3-6(12)8(14)9(15)7(13)4-10/h6-10,12-15H,2-4H2,1H3/t6-,7+,8+,9+/m0/s1. The van der Waals surface area contributed by atoms with E-state index in [-0.39, 0.29) is 18.6 Å². The minimum absolute atomic E-state index is 0.00566. The van der Waals surface area contributed by atoms with Crippen LogP contribution in [0.15, 0.2) is 0 Å². The Morgan fingerprint density at radius 2 is 1.53 bits per heavy atom. The van der Waals surface area contributed by atoms with Crippen LogP contribution in [0.3, 0.4) is 0 Å². The second-order valence-corrected chi connectivity index (χ2v) is 3.54. The van der Waals surface area contributed by atoms with Gasteiger partial charge in [0.2, 0.25) is 0 Å². The van der Waals surface area contributed by atoms with Crippen LogP contribution in [0, 0.1) is 0 Å². The first kappa shape index (κ1) is 14.5. The summed E-state index contributed by atoms with van der Waals surface area (Å²) in [6.07, 6.45) is -5.92. The van der Waals surface area contributed by atoms with E-state index in [1.807, 2.05) is 0 Å². The third-order valence-corrected chi connectivity index (χ3v) is 2.12. The molecule has 6 heteroatoms. The second kappa shape index (κ2) is 6.86. The smallest absolute Gasteiger partial charge is 0.129 e. The summed E-state index contributed by atoms with van der Waals surface area (Å²) in [5, 5.41) is 45.3. The summed E-state index contributed by atoms with van der Waals surface area (Å²) in [5.41, 5.74) is 0. The number of aliphatic hydroxyl groups excluding tert-OH is 5. The molecule has 0 aromatic rings. The van der Waals surface area contributed by atoms with Crippen molar-refractivity contribution in [3.05, 3.63) is 0 Å². The Hall–Kier alpha value is -0.530. The molecule has 0 aromatic carbocycles. The molecule has 0 fully saturated rings. The van der Waals surface area contributed by atoms with Crippen LogP contribution in [0.1, 0.15) is 19.8 Å². The molecule has 0 saturated heterocycles. The fraction of sp³-hybridized carbons (Fsp3) is 0.889. The zero-order valence-electron chi connectivity index (χ0n) is 8.58. The van der Waals surface area contributed by atoms with Crippen LogP contribution < -0.4 is 0 Å². The van der Waals surface area contributed by atoms with E-state index in [1.54, 1.807) is 0 Å². The Kier molecular flexibility index (Phi) is 6.62. The van der Waals surface area contributed by atoms with E-state index in [0.717, 1.165) is 0 Å². The van der Waals surface area contributed by atoms with Crippen molar-refractivity contribution in [2.24, 2.45) is 0 Å². The topological polar surface area (TPSA) is 118 Å². The fourth-order valence-corrected chi connectivity index (χ4v) is 1.09. The molecule has 0 aliphatic heterocycles. The quantitative estimate of drug-likeness (QED) is 0.333. The van der Waals surface area contributed by atoms with Crippen LogP contribution in [0.4, 0.5) is 0 Å². The monoisotopic (exact) mass is 222 g/mol. The molecule has 0 bridgehead atoms. The van der Waals surface area contributed by atoms with E-state index in [1.165, 1.54) is 6.92 Å². The van der Waals surface area contributed by atoms with Gasteiger partial charge in [0.05, 0.1) is 12.7 Å². The van der Waals surface area contributed by atoms with Crippen molar-refractivity contribution in [1.82, 2.24) is 0 Å². The zero-order chi connectivity index (χ0) is 12.0. The predicted octanol–water partition coefficient (Wildman–Crippen LogP) is -2.21. The van der Waals surface area contributed by atoms with Gasteiger partial charge in [-0.2, -0.15) is 0 Å². The first-order valence-electron chi connectivity index (χ1n) is 4.72. The van der Waals surface area contributed by atoms with Crippen molar-refractivity contribution in [3.63, 3.8) is 0 Å². The number of hydrogen-bond acceptors (Lipinski definition) is 6. The minimum Gasteiger partial charge on any atom is -0.394 e. The molecule has 15 heavy (non-hydrogen) atoms. The highest BCUT2D eigenvalue weighted by Crippen LogP contribution is 2.09. The number of hydrogen-bond donors (Lipinski definition) is 5. The normalized spacial score (nSPS) is 19.3. The van der Waals surface area contributed by atoms with E-state index >= 15 is 0 Å². The van der Waals surface area contributed by atoms with Crippen LogP contribution >= 0.6 is 0 Å². The van der Waals surface area contributed by atoms with Crippen molar-refractivity contribution in [2.75, 3.05) is 6.61 Å². The molecular weight excluding hydrogens is 204 g/mol. The van der Waals surface area contributed by atoms with Crippen LogP contribution in [-0.4, -0.2) is 62.3 Å². The van der Waals surface area contributed by atoms with Gasteiger partial charge in [-0.3, -0.25) is 0 Å². The highest BCUT2D eigenvalue weighted by Gasteiger charge is 2.29. The molecule has 0 aliphatic rings. The van der Waals surface area contributed by atoms with Gasteiger partial charge in [-0.25, -0.2) is 0 Å². The summed E-state index contributed by atoms with van der Waals surface area (Å²) in [4.78, 5) is 10.6. The maximum Gasteiger partial charge on any atom is 0.129 e. The lowest BCUT2D eigenvalue weighted by molar-refractivity contribution is -0.124. The van der Waals surface area contributed by atoms with Gasteiger partial charge in [-0.05, 0) is 13.3 Å². The maximum absolute atomic E-state index is 10.6. The largest absolute Gasteiger partial charge is 0.394 e. The number of carbonyl (C=O) groups excluding carboxylic acids is 1. The van der Waals surface area contributed by atoms with Gasteiger partial charge >= 0.3 is 0 Å². The van der Waals surface area contributed by atoms with E-state index in [0.29, 0.717) is 0 Å². The van der Waals surface area contributed by atoms with E-state index in [2.05, 4.69) is 0 Å². The lowest BCUT2D eigenvalue weighted by Gasteiger charge is -2.25. The fourth-order valence-electron chi connectivity index (χ4n) is 1.09. The summed E-state index contributed by atoms with van der Waals surface area (Å²) >= 11 is 0. The number of ketones is 1. The van der Waals surface area contributed by atoms with Crippen LogP contribution in [0.2, 0.25) is 0 Å². The Bertz CT molecular complexity index is 195. The van der Waals surface area contributed by atoms with Gasteiger partial charge in [-0.15, -0.1) is 0 Å². The molecule has 0 aromatic heterocycles. The van der Waals surface area contributed by atoms with E-state index < -0.39 is 31.0 Å². The number of carbonyl (C=O) groups is 1. The highest BCUT2D eigenvalue weighted by molar-refractivity contribution is 5.75. The summed E-state index contributed by atoms with van der Waals surface area (Å²) in [5.74, 6) is -0.140. The van der Waals surface area contributed by atoms with Crippen molar-refractivity contribution < 1.29 is 30.3 Å². The van der Waals surface area contributed by atoms with Crippen LogP contribution in [0.5, 0.6) is 0 Å². The number of rotatable bonds is 7. The van der Waals surface area contributed by atoms with Crippen LogP contribution in [0.25, 0.3) is 0 Å². The number of Topliss-reactive ketones (excluding diaryl/α,β-unsaturated/α-hetero) is 1. The van der Waals surface area contributed by atoms with Gasteiger partial charge in [0.15, 0.2) is 0 Å². The lowest BCUT2D eigenvalue weighted by Crippen LogP contribution is -2.45. The van der Waals surface area contributed by atoms with E-state index in [4.69, 9.17) is 10.2 Å². The molecular formula is C9H18O6. The van der Waals surface area contributed by atoms with Gasteiger partial charge in [0, 0.05) is 6.42 Å². The molecule has 0 aliphatic carbocycles. The molecule has 5 N–H and O–H groups in total. The lowest BCUT2D eigenvalue weighted by atomic mass is 9.99. The summed E-state index contributed by atoms with van der Waals surface area (Å²) in [6.45, 7) is 0.635. The van der Waals surface area contributed by atoms with Gasteiger partial charge < -0.3 is 30.3 Å². The third-order valence-electron chi connectivity index (χ3n) is 2.12. The Morgan fingerprint density at radius 1 is 1.07 bits per heavy atom. The van der Waals surface area contributed by atoms with Gasteiger partial charge in [-0.1, -0.05) is 0 Å². The molecule has 90 valence electrons. The van der Waals surface area contributed by atoms with E-state index in [9.17, 15) is 20.1 Å². The van der Waals surface area contributed by atoms with Gasteiger partial charge in [0.1, 0.15) is 24.1 Å². The van der Waals surface area contributed by atoms with Crippen molar-refractivity contribution in [2.45, 2.75) is 44.2 Å². The first-order valence-corrected chi connectivity index (χ1v) is 4.72. The molecule has 0 radical (unpaired) electrons. The second-order valence-electron chi connectivity index (χ2n) is 3.54. The SMILES string of the molecule is CC(=O)CC[C@H](O)[C@@H](O)[C@H](O)[C@H](O)CO. The molecule has 0 unspecified atom stereocenters. The number of aliphatic hydroxyl groups is 5. The Morgan fingerprint density at radius 3 is 1.93 bits per heavy atom. The molecule has 4 atom stereocenters. The summed E-state index contributed by atoms with van der Waals surface area (Å²) in [7, 11) is 0. The first-order chi connectivity index (χ1) is 6.90. The minimum atomic E-state index is -1.63. The molecule has 0 amide bonds. The molecule has 0 spiro atoms. The summed E-state index contributed by atoms with van der Waals surface area (Å²) in [6, 6.07) is 0. The average Bonchev–Trinajstić information content (AvgIpc) is 2.22. The van der Waals surface area contributed by atoms with Crippen LogP contribution in [-0.2, 0) is 4.79 Å². The molecule has 0 heterocycles. The van der Waals surface area contributed by atoms with Gasteiger partial charge in [0.25, 0.3) is 0 Å². The van der Waals surface area contributed by atoms with Crippen molar-refractivity contribution in [3.8, 4) is 0 Å². The highest BCUT2D eigenvalue weighted by atomic mass is 16.4. The molecule has 6 nitrogen and oxygen atoms in total. The molecule has 0 rings (SSSR count). The Labute approximate surface area is 87.8 Å². The predicted molar refractivity (Wildman–Crippen MR) is 51.0 cm³/mol. The van der Waals surface area contributed by atoms with Crippen molar-refractivity contribution >= 4 is 5.78 Å². The summed E-state index contributed by atoms with van der Waals surface area (Å²) < 4.78 is 0.